The van der Waals surface area contributed by atoms with Crippen LogP contribution >= 0.6 is 0 Å². The highest BCUT2D eigenvalue weighted by atomic mass is 16.5. The Labute approximate surface area is 224 Å². The summed E-state index contributed by atoms with van der Waals surface area (Å²) in [5.41, 5.74) is 0.524. The third-order valence-corrected chi connectivity index (χ3v) is 12.8. The number of hydrogen-bond acceptors (Lipinski definition) is 4. The van der Waals surface area contributed by atoms with Crippen LogP contribution in [0, 0.1) is 61.6 Å². The zero-order chi connectivity index (χ0) is 27.2. The van der Waals surface area contributed by atoms with Gasteiger partial charge in [-0.2, -0.15) is 5.26 Å². The average molecular weight is 506 g/mol. The molecule has 5 aliphatic carbocycles. The van der Waals surface area contributed by atoms with Crippen molar-refractivity contribution in [1.82, 2.24) is 0 Å². The van der Waals surface area contributed by atoms with Gasteiger partial charge < -0.3 is 4.74 Å². The number of fused-ring (bicyclic) bond motifs is 7. The summed E-state index contributed by atoms with van der Waals surface area (Å²) in [7, 11) is 1.80. The predicted octanol–water partition coefficient (Wildman–Crippen LogP) is 7.24. The monoisotopic (exact) mass is 505 g/mol. The van der Waals surface area contributed by atoms with Crippen LogP contribution in [-0.4, -0.2) is 25.3 Å². The molecule has 1 unspecified atom stereocenters. The molecule has 0 spiro atoms. The number of hydrogen-bond donors (Lipinski definition) is 0. The number of carbonyl (C=O) groups excluding carboxylic acids is 2. The van der Waals surface area contributed by atoms with E-state index in [9.17, 15) is 14.9 Å². The summed E-state index contributed by atoms with van der Waals surface area (Å²) in [6, 6.07) is 2.21. The van der Waals surface area contributed by atoms with Crippen LogP contribution in [0.2, 0.25) is 0 Å². The quantitative estimate of drug-likeness (QED) is 0.405. The maximum atomic E-state index is 14.4. The molecule has 0 saturated heterocycles. The van der Waals surface area contributed by atoms with Crippen molar-refractivity contribution in [2.75, 3.05) is 13.7 Å². The van der Waals surface area contributed by atoms with Gasteiger partial charge in [-0.05, 0) is 90.9 Å². The van der Waals surface area contributed by atoms with Crippen LogP contribution in [0.3, 0.4) is 0 Å². The lowest BCUT2D eigenvalue weighted by Gasteiger charge is -2.69. The van der Waals surface area contributed by atoms with Gasteiger partial charge in [0.15, 0.2) is 11.6 Å². The average Bonchev–Trinajstić information content (AvgIpc) is 2.82. The molecule has 4 heteroatoms. The van der Waals surface area contributed by atoms with Crippen molar-refractivity contribution < 1.29 is 14.3 Å². The summed E-state index contributed by atoms with van der Waals surface area (Å²) < 4.78 is 5.60. The van der Waals surface area contributed by atoms with Gasteiger partial charge in [0.05, 0.1) is 5.57 Å². The Kier molecular flexibility index (Phi) is 5.91. The largest absolute Gasteiger partial charge is 0.385 e. The van der Waals surface area contributed by atoms with Gasteiger partial charge in [0.1, 0.15) is 6.07 Å². The van der Waals surface area contributed by atoms with Crippen molar-refractivity contribution in [1.29, 1.82) is 5.26 Å². The molecule has 37 heavy (non-hydrogen) atoms. The third kappa shape index (κ3) is 3.41. The molecule has 0 aromatic heterocycles. The third-order valence-electron chi connectivity index (χ3n) is 12.8. The molecular weight excluding hydrogens is 458 g/mol. The van der Waals surface area contributed by atoms with E-state index in [1.54, 1.807) is 7.11 Å². The smallest absolute Gasteiger partial charge is 0.178 e. The molecule has 202 valence electrons. The Morgan fingerprint density at radius 1 is 1.00 bits per heavy atom. The zero-order valence-corrected chi connectivity index (χ0v) is 24.4. The lowest BCUT2D eigenvalue weighted by molar-refractivity contribution is -0.174. The fraction of sp³-hybridized carbons (Fsp3) is 0.788. The molecule has 0 radical (unpaired) electrons. The van der Waals surface area contributed by atoms with Gasteiger partial charge in [0.2, 0.25) is 0 Å². The number of allylic oxidation sites excluding steroid dienone is 4. The van der Waals surface area contributed by atoms with Crippen molar-refractivity contribution in [3.63, 3.8) is 0 Å². The summed E-state index contributed by atoms with van der Waals surface area (Å²) in [4.78, 5) is 27.7. The molecule has 0 bridgehead atoms. The number of Topliss-reactive ketones (excluding diaryl/α,β-unsaturated/α-hetero) is 1. The second-order valence-corrected chi connectivity index (χ2v) is 15.4. The second kappa shape index (κ2) is 8.14. The van der Waals surface area contributed by atoms with Gasteiger partial charge in [0.25, 0.3) is 0 Å². The Bertz CT molecular complexity index is 1140. The van der Waals surface area contributed by atoms with Crippen molar-refractivity contribution >= 4 is 11.6 Å². The van der Waals surface area contributed by atoms with Crippen molar-refractivity contribution in [2.45, 2.75) is 99.8 Å². The first-order valence-corrected chi connectivity index (χ1v) is 14.6. The first kappa shape index (κ1) is 26.9. The van der Waals surface area contributed by atoms with Crippen molar-refractivity contribution in [2.24, 2.45) is 50.2 Å². The summed E-state index contributed by atoms with van der Waals surface area (Å²) in [5, 5.41) is 9.89. The SMILES string of the molecule is COCC[C@]12CCC(C)(C)C[C@@H]1C1C(=O)C=C3[C@@]4(C)C=C(C#N)C(=O)C(C)(C)[C@@H]4CC[C@@]3(C)[C@]1(C)CC2. The molecule has 0 amide bonds. The molecular formula is C33H47NO3. The first-order chi connectivity index (χ1) is 17.1. The number of ketones is 2. The van der Waals surface area contributed by atoms with Crippen LogP contribution in [-0.2, 0) is 14.3 Å². The number of ether oxygens (including phenoxy) is 1. The van der Waals surface area contributed by atoms with E-state index in [0.717, 1.165) is 45.1 Å². The highest BCUT2D eigenvalue weighted by Crippen LogP contribution is 2.74. The molecule has 0 heterocycles. The maximum Gasteiger partial charge on any atom is 0.178 e. The van der Waals surface area contributed by atoms with E-state index in [0.29, 0.717) is 11.7 Å². The summed E-state index contributed by atoms with van der Waals surface area (Å²) in [6.07, 6.45) is 12.7. The van der Waals surface area contributed by atoms with Crippen LogP contribution in [0.15, 0.2) is 23.3 Å². The molecule has 3 saturated carbocycles. The normalized spacial score (nSPS) is 45.9. The van der Waals surface area contributed by atoms with E-state index < -0.39 is 10.8 Å². The molecule has 5 rings (SSSR count). The topological polar surface area (TPSA) is 67.2 Å². The molecule has 3 fully saturated rings. The van der Waals surface area contributed by atoms with Crippen molar-refractivity contribution in [3.05, 3.63) is 23.3 Å². The van der Waals surface area contributed by atoms with Gasteiger partial charge in [0, 0.05) is 30.5 Å². The molecule has 0 aliphatic heterocycles. The van der Waals surface area contributed by atoms with E-state index in [2.05, 4.69) is 40.7 Å². The molecule has 5 aliphatic rings. The number of carbonyl (C=O) groups is 2. The van der Waals surface area contributed by atoms with Gasteiger partial charge in [-0.1, -0.05) is 60.1 Å². The summed E-state index contributed by atoms with van der Waals surface area (Å²) in [5.74, 6) is 0.729. The van der Waals surface area contributed by atoms with E-state index in [1.165, 1.54) is 18.4 Å². The highest BCUT2D eigenvalue weighted by molar-refractivity contribution is 6.04. The number of rotatable bonds is 3. The Morgan fingerprint density at radius 3 is 2.32 bits per heavy atom. The van der Waals surface area contributed by atoms with Crippen LogP contribution in [0.4, 0.5) is 0 Å². The minimum Gasteiger partial charge on any atom is -0.385 e. The molecule has 4 nitrogen and oxygen atoms in total. The molecule has 0 N–H and O–H groups in total. The number of nitrogens with zero attached hydrogens (tertiary/aromatic N) is 1. The van der Waals surface area contributed by atoms with Crippen LogP contribution in [0.1, 0.15) is 99.8 Å². The fourth-order valence-corrected chi connectivity index (χ4v) is 10.5. The van der Waals surface area contributed by atoms with Crippen LogP contribution in [0.25, 0.3) is 0 Å². The molecule has 0 aromatic rings. The second-order valence-electron chi connectivity index (χ2n) is 15.4. The zero-order valence-electron chi connectivity index (χ0n) is 24.4. The summed E-state index contributed by atoms with van der Waals surface area (Å²) >= 11 is 0. The minimum atomic E-state index is -0.618. The molecule has 7 atom stereocenters. The minimum absolute atomic E-state index is 0.0178. The summed E-state index contributed by atoms with van der Waals surface area (Å²) in [6.45, 7) is 16.6. The van der Waals surface area contributed by atoms with E-state index in [4.69, 9.17) is 4.74 Å². The number of methoxy groups -OCH3 is 1. The lowest BCUT2D eigenvalue weighted by Crippen LogP contribution is -2.64. The van der Waals surface area contributed by atoms with Crippen LogP contribution in [0.5, 0.6) is 0 Å². The predicted molar refractivity (Wildman–Crippen MR) is 145 cm³/mol. The molecule has 0 aromatic carbocycles. The Balaban J connectivity index is 1.67. The van der Waals surface area contributed by atoms with Crippen molar-refractivity contribution in [3.8, 4) is 6.07 Å². The maximum absolute atomic E-state index is 14.4. The number of nitriles is 1. The van der Waals surface area contributed by atoms with Gasteiger partial charge in [-0.15, -0.1) is 0 Å². The Hall–Kier alpha value is -1.73. The highest BCUT2D eigenvalue weighted by Gasteiger charge is 2.69. The first-order valence-electron chi connectivity index (χ1n) is 14.6. The van der Waals surface area contributed by atoms with E-state index >= 15 is 0 Å². The lowest BCUT2D eigenvalue weighted by atomic mass is 9.34. The van der Waals surface area contributed by atoms with E-state index in [-0.39, 0.29) is 44.9 Å². The standard InChI is InChI=1S/C33H47NO3/c1-28(2)11-13-33(15-16-37-8)14-12-32(7)26(22(33)19-28)23(35)17-25-30(5)18-21(20-34)27(36)29(3,4)24(30)9-10-31(25,32)6/h17-18,22,24,26H,9-16,19H2,1-8H3/t22-,24+,26?,30+,31-,32-,33-/m1/s1. The van der Waals surface area contributed by atoms with Gasteiger partial charge in [-0.3, -0.25) is 9.59 Å². The Morgan fingerprint density at radius 2 is 1.68 bits per heavy atom. The van der Waals surface area contributed by atoms with Crippen LogP contribution < -0.4 is 0 Å². The fourth-order valence-electron chi connectivity index (χ4n) is 10.5. The van der Waals surface area contributed by atoms with Gasteiger partial charge >= 0.3 is 0 Å². The van der Waals surface area contributed by atoms with E-state index in [1.807, 2.05) is 26.0 Å². The van der Waals surface area contributed by atoms with Gasteiger partial charge in [-0.25, -0.2) is 0 Å².